The van der Waals surface area contributed by atoms with Crippen molar-refractivity contribution in [1.29, 1.82) is 0 Å². The highest BCUT2D eigenvalue weighted by molar-refractivity contribution is 5.76. The van der Waals surface area contributed by atoms with Crippen LogP contribution in [0.1, 0.15) is 37.3 Å². The molecule has 1 aromatic heterocycles. The minimum atomic E-state index is 0.0556. The molecule has 1 saturated heterocycles. The van der Waals surface area contributed by atoms with Crippen LogP contribution in [0.4, 0.5) is 0 Å². The van der Waals surface area contributed by atoms with Crippen LogP contribution in [0.15, 0.2) is 30.6 Å². The van der Waals surface area contributed by atoms with E-state index in [1.807, 2.05) is 29.2 Å². The molecular formula is C16H21N5O2. The fraction of sp³-hybridized carbons (Fsp3) is 0.500. The lowest BCUT2D eigenvalue weighted by Crippen LogP contribution is -2.37. The molecule has 7 heteroatoms. The van der Waals surface area contributed by atoms with Gasteiger partial charge in [-0.1, -0.05) is 25.0 Å². The molecule has 1 amide bonds. The average Bonchev–Trinajstić information content (AvgIpc) is 2.96. The Bertz CT molecular complexity index is 626. The Morgan fingerprint density at radius 2 is 2.09 bits per heavy atom. The van der Waals surface area contributed by atoms with E-state index in [1.54, 1.807) is 7.11 Å². The maximum Gasteiger partial charge on any atom is 0.244 e. The summed E-state index contributed by atoms with van der Waals surface area (Å²) in [7, 11) is 1.66. The number of tetrazole rings is 1. The first kappa shape index (κ1) is 15.5. The highest BCUT2D eigenvalue weighted by atomic mass is 16.5. The van der Waals surface area contributed by atoms with Gasteiger partial charge < -0.3 is 9.64 Å². The summed E-state index contributed by atoms with van der Waals surface area (Å²) < 4.78 is 6.69. The molecule has 0 N–H and O–H groups in total. The van der Waals surface area contributed by atoms with Crippen molar-refractivity contribution >= 4 is 5.91 Å². The number of hydrogen-bond donors (Lipinski definition) is 0. The van der Waals surface area contributed by atoms with Crippen LogP contribution in [-0.2, 0) is 11.3 Å². The van der Waals surface area contributed by atoms with E-state index < -0.39 is 0 Å². The number of aromatic nitrogens is 4. The number of carbonyl (C=O) groups excluding carboxylic acids is 1. The highest BCUT2D eigenvalue weighted by Gasteiger charge is 2.27. The molecular weight excluding hydrogens is 294 g/mol. The van der Waals surface area contributed by atoms with Crippen LogP contribution in [0.2, 0.25) is 0 Å². The molecule has 3 rings (SSSR count). The minimum absolute atomic E-state index is 0.0556. The van der Waals surface area contributed by atoms with E-state index in [2.05, 4.69) is 15.5 Å². The van der Waals surface area contributed by atoms with E-state index in [9.17, 15) is 4.79 Å². The summed E-state index contributed by atoms with van der Waals surface area (Å²) >= 11 is 0. The smallest absolute Gasteiger partial charge is 0.244 e. The summed E-state index contributed by atoms with van der Waals surface area (Å²) in [6, 6.07) is 8.10. The van der Waals surface area contributed by atoms with Crippen LogP contribution >= 0.6 is 0 Å². The number of hydrogen-bond acceptors (Lipinski definition) is 5. The Balaban J connectivity index is 1.80. The highest BCUT2D eigenvalue weighted by Crippen LogP contribution is 2.31. The summed E-state index contributed by atoms with van der Waals surface area (Å²) in [5, 5.41) is 11.0. The standard InChI is InChI=1S/C16H21N5O2/c1-23-14-8-6-13(7-9-14)15-5-3-2-4-10-21(15)16(22)11-20-12-17-18-19-20/h6-9,12,15H,2-5,10-11H2,1H3/t15-/m0/s1. The Morgan fingerprint density at radius 3 is 2.78 bits per heavy atom. The topological polar surface area (TPSA) is 73.1 Å². The second kappa shape index (κ2) is 7.21. The van der Waals surface area contributed by atoms with E-state index in [0.717, 1.165) is 43.5 Å². The van der Waals surface area contributed by atoms with E-state index in [0.29, 0.717) is 0 Å². The lowest BCUT2D eigenvalue weighted by Gasteiger charge is -2.30. The molecule has 1 aliphatic heterocycles. The fourth-order valence-electron chi connectivity index (χ4n) is 3.06. The van der Waals surface area contributed by atoms with Crippen molar-refractivity contribution in [2.75, 3.05) is 13.7 Å². The van der Waals surface area contributed by atoms with Crippen LogP contribution in [0.5, 0.6) is 5.75 Å². The van der Waals surface area contributed by atoms with E-state index in [1.165, 1.54) is 11.0 Å². The second-order valence-electron chi connectivity index (χ2n) is 5.73. The summed E-state index contributed by atoms with van der Waals surface area (Å²) in [6.45, 7) is 0.956. The van der Waals surface area contributed by atoms with Crippen LogP contribution in [0.25, 0.3) is 0 Å². The zero-order valence-corrected chi connectivity index (χ0v) is 13.3. The second-order valence-corrected chi connectivity index (χ2v) is 5.73. The number of nitrogens with zero attached hydrogens (tertiary/aromatic N) is 5. The number of amides is 1. The molecule has 1 fully saturated rings. The molecule has 0 spiro atoms. The van der Waals surface area contributed by atoms with Gasteiger partial charge in [0.25, 0.3) is 0 Å². The first-order valence-corrected chi connectivity index (χ1v) is 7.92. The third kappa shape index (κ3) is 3.67. The van der Waals surface area contributed by atoms with Crippen molar-refractivity contribution < 1.29 is 9.53 Å². The van der Waals surface area contributed by atoms with Crippen molar-refractivity contribution in [3.8, 4) is 5.75 Å². The first-order valence-electron chi connectivity index (χ1n) is 7.92. The fourth-order valence-corrected chi connectivity index (χ4v) is 3.06. The molecule has 0 aliphatic carbocycles. The molecule has 1 atom stereocenters. The lowest BCUT2D eigenvalue weighted by molar-refractivity contribution is -0.134. The third-order valence-electron chi connectivity index (χ3n) is 4.26. The van der Waals surface area contributed by atoms with Crippen LogP contribution in [0.3, 0.4) is 0 Å². The Kier molecular flexibility index (Phi) is 4.85. The maximum atomic E-state index is 12.7. The molecule has 23 heavy (non-hydrogen) atoms. The maximum absolute atomic E-state index is 12.7. The molecule has 2 aromatic rings. The largest absolute Gasteiger partial charge is 0.497 e. The zero-order chi connectivity index (χ0) is 16.1. The monoisotopic (exact) mass is 315 g/mol. The van der Waals surface area contributed by atoms with E-state index in [-0.39, 0.29) is 18.5 Å². The van der Waals surface area contributed by atoms with Crippen molar-refractivity contribution in [2.45, 2.75) is 38.3 Å². The Morgan fingerprint density at radius 1 is 1.26 bits per heavy atom. The van der Waals surface area contributed by atoms with Crippen LogP contribution in [-0.4, -0.2) is 44.7 Å². The average molecular weight is 315 g/mol. The molecule has 0 unspecified atom stereocenters. The number of ether oxygens (including phenoxy) is 1. The molecule has 7 nitrogen and oxygen atoms in total. The van der Waals surface area contributed by atoms with Gasteiger partial charge in [0.2, 0.25) is 5.91 Å². The summed E-state index contributed by atoms with van der Waals surface area (Å²) in [5.41, 5.74) is 1.15. The van der Waals surface area contributed by atoms with Crippen molar-refractivity contribution in [2.24, 2.45) is 0 Å². The first-order chi connectivity index (χ1) is 11.3. The number of rotatable bonds is 4. The SMILES string of the molecule is COc1ccc([C@@H]2CCCCCN2C(=O)Cn2cnnn2)cc1. The summed E-state index contributed by atoms with van der Waals surface area (Å²) in [6.07, 6.45) is 5.77. The minimum Gasteiger partial charge on any atom is -0.497 e. The molecule has 1 aromatic carbocycles. The summed E-state index contributed by atoms with van der Waals surface area (Å²) in [5.74, 6) is 0.883. The van der Waals surface area contributed by atoms with Gasteiger partial charge in [0.15, 0.2) is 0 Å². The van der Waals surface area contributed by atoms with Gasteiger partial charge in [-0.25, -0.2) is 4.68 Å². The molecule has 0 radical (unpaired) electrons. The van der Waals surface area contributed by atoms with E-state index >= 15 is 0 Å². The molecule has 0 saturated carbocycles. The molecule has 1 aliphatic rings. The van der Waals surface area contributed by atoms with Gasteiger partial charge >= 0.3 is 0 Å². The van der Waals surface area contributed by atoms with Gasteiger partial charge in [-0.2, -0.15) is 0 Å². The quantitative estimate of drug-likeness (QED) is 0.860. The van der Waals surface area contributed by atoms with Crippen LogP contribution < -0.4 is 4.74 Å². The van der Waals surface area contributed by atoms with Gasteiger partial charge in [0.1, 0.15) is 18.6 Å². The Labute approximate surface area is 135 Å². The van der Waals surface area contributed by atoms with Crippen molar-refractivity contribution in [3.05, 3.63) is 36.2 Å². The number of likely N-dealkylation sites (tertiary alicyclic amines) is 1. The lowest BCUT2D eigenvalue weighted by atomic mass is 10.0. The predicted molar refractivity (Wildman–Crippen MR) is 83.7 cm³/mol. The molecule has 122 valence electrons. The molecule has 2 heterocycles. The van der Waals surface area contributed by atoms with Crippen molar-refractivity contribution in [3.63, 3.8) is 0 Å². The van der Waals surface area contributed by atoms with Gasteiger partial charge in [-0.05, 0) is 41.0 Å². The number of benzene rings is 1. The van der Waals surface area contributed by atoms with E-state index in [4.69, 9.17) is 4.74 Å². The van der Waals surface area contributed by atoms with Gasteiger partial charge in [0, 0.05) is 6.54 Å². The Hall–Kier alpha value is -2.44. The van der Waals surface area contributed by atoms with Crippen LogP contribution in [0, 0.1) is 0 Å². The predicted octanol–water partition coefficient (Wildman–Crippen LogP) is 1.83. The summed E-state index contributed by atoms with van der Waals surface area (Å²) in [4.78, 5) is 14.7. The molecule has 0 bridgehead atoms. The number of carbonyl (C=O) groups is 1. The zero-order valence-electron chi connectivity index (χ0n) is 13.3. The van der Waals surface area contributed by atoms with Gasteiger partial charge in [-0.15, -0.1) is 5.10 Å². The van der Waals surface area contributed by atoms with Crippen molar-refractivity contribution in [1.82, 2.24) is 25.1 Å². The van der Waals surface area contributed by atoms with Gasteiger partial charge in [-0.3, -0.25) is 4.79 Å². The number of methoxy groups -OCH3 is 1. The third-order valence-corrected chi connectivity index (χ3v) is 4.26. The normalized spacial score (nSPS) is 18.5. The van der Waals surface area contributed by atoms with Gasteiger partial charge in [0.05, 0.1) is 13.2 Å².